The van der Waals surface area contributed by atoms with E-state index in [4.69, 9.17) is 4.43 Å². The lowest BCUT2D eigenvalue weighted by molar-refractivity contribution is 0.227. The molecule has 1 atom stereocenters. The van der Waals surface area contributed by atoms with Gasteiger partial charge in [0.25, 0.3) is 0 Å². The van der Waals surface area contributed by atoms with Gasteiger partial charge in [-0.15, -0.1) is 0 Å². The van der Waals surface area contributed by atoms with Gasteiger partial charge in [-0.2, -0.15) is 0 Å². The summed E-state index contributed by atoms with van der Waals surface area (Å²) in [5.41, 5.74) is 1.86. The summed E-state index contributed by atoms with van der Waals surface area (Å²) in [4.78, 5) is 0. The fourth-order valence-electron chi connectivity index (χ4n) is 2.01. The van der Waals surface area contributed by atoms with Crippen molar-refractivity contribution in [3.8, 4) is 0 Å². The first-order chi connectivity index (χ1) is 9.96. The normalized spacial score (nSPS) is 13.8. The lowest BCUT2D eigenvalue weighted by atomic mass is 10.1. The van der Waals surface area contributed by atoms with Gasteiger partial charge in [0.1, 0.15) is 11.9 Å². The second kappa shape index (κ2) is 6.74. The SMILES string of the molecule is C[Si](C)(C)O/C(=C\[C@@H](O)c1ccccc1)c1ccccc1. The Kier molecular flexibility index (Phi) is 4.99. The van der Waals surface area contributed by atoms with E-state index in [1.54, 1.807) is 6.08 Å². The molecule has 2 nitrogen and oxygen atoms in total. The van der Waals surface area contributed by atoms with Crippen LogP contribution in [-0.2, 0) is 4.43 Å². The molecular formula is C18H22O2Si. The van der Waals surface area contributed by atoms with E-state index in [0.29, 0.717) is 0 Å². The van der Waals surface area contributed by atoms with Crippen LogP contribution in [0.3, 0.4) is 0 Å². The summed E-state index contributed by atoms with van der Waals surface area (Å²) >= 11 is 0. The average molecular weight is 298 g/mol. The molecule has 0 fully saturated rings. The highest BCUT2D eigenvalue weighted by Gasteiger charge is 2.19. The van der Waals surface area contributed by atoms with Crippen molar-refractivity contribution >= 4 is 14.1 Å². The third kappa shape index (κ3) is 4.88. The number of aliphatic hydroxyl groups is 1. The Bertz CT molecular complexity index is 586. The van der Waals surface area contributed by atoms with Crippen LogP contribution >= 0.6 is 0 Å². The molecule has 0 aromatic heterocycles. The van der Waals surface area contributed by atoms with Gasteiger partial charge < -0.3 is 9.53 Å². The first kappa shape index (κ1) is 15.5. The van der Waals surface area contributed by atoms with Crippen LogP contribution in [0.15, 0.2) is 66.7 Å². The van der Waals surface area contributed by atoms with Crippen LogP contribution < -0.4 is 0 Å². The Labute approximate surface area is 127 Å². The van der Waals surface area contributed by atoms with Gasteiger partial charge in [0, 0.05) is 5.56 Å². The van der Waals surface area contributed by atoms with Crippen LogP contribution in [0.2, 0.25) is 19.6 Å². The summed E-state index contributed by atoms with van der Waals surface area (Å²) in [7, 11) is -1.75. The molecule has 2 aromatic rings. The van der Waals surface area contributed by atoms with E-state index in [1.165, 1.54) is 0 Å². The summed E-state index contributed by atoms with van der Waals surface area (Å²) in [5, 5.41) is 10.4. The molecule has 2 rings (SSSR count). The van der Waals surface area contributed by atoms with Crippen LogP contribution in [0.1, 0.15) is 17.2 Å². The van der Waals surface area contributed by atoms with Crippen molar-refractivity contribution in [3.63, 3.8) is 0 Å². The smallest absolute Gasteiger partial charge is 0.242 e. The fourth-order valence-corrected chi connectivity index (χ4v) is 2.86. The van der Waals surface area contributed by atoms with Crippen LogP contribution in [0, 0.1) is 0 Å². The minimum absolute atomic E-state index is 0.669. The molecule has 3 heteroatoms. The molecule has 0 aliphatic rings. The van der Waals surface area contributed by atoms with Crippen molar-refractivity contribution in [2.75, 3.05) is 0 Å². The number of aliphatic hydroxyl groups excluding tert-OH is 1. The standard InChI is InChI=1S/C18H22O2Si/c1-21(2,3)20-18(16-12-8-5-9-13-16)14-17(19)15-10-6-4-7-11-15/h4-14,17,19H,1-3H3/b18-14-/t17-/m1/s1. The predicted octanol–water partition coefficient (Wildman–Crippen LogP) is 4.61. The van der Waals surface area contributed by atoms with E-state index in [9.17, 15) is 5.11 Å². The van der Waals surface area contributed by atoms with Crippen LogP contribution in [0.5, 0.6) is 0 Å². The molecule has 110 valence electrons. The highest BCUT2D eigenvalue weighted by molar-refractivity contribution is 6.70. The maximum Gasteiger partial charge on any atom is 0.242 e. The molecule has 0 saturated carbocycles. The number of benzene rings is 2. The minimum atomic E-state index is -1.75. The molecule has 0 amide bonds. The Hall–Kier alpha value is -1.84. The first-order valence-electron chi connectivity index (χ1n) is 7.15. The lowest BCUT2D eigenvalue weighted by Crippen LogP contribution is -2.24. The van der Waals surface area contributed by atoms with Crippen LogP contribution in [-0.4, -0.2) is 13.4 Å². The summed E-state index contributed by atoms with van der Waals surface area (Å²) < 4.78 is 6.16. The highest BCUT2D eigenvalue weighted by atomic mass is 28.4. The minimum Gasteiger partial charge on any atom is -0.544 e. The van der Waals surface area contributed by atoms with Crippen molar-refractivity contribution in [3.05, 3.63) is 77.9 Å². The van der Waals surface area contributed by atoms with Crippen molar-refractivity contribution in [1.82, 2.24) is 0 Å². The maximum atomic E-state index is 10.4. The molecule has 21 heavy (non-hydrogen) atoms. The predicted molar refractivity (Wildman–Crippen MR) is 90.3 cm³/mol. The van der Waals surface area contributed by atoms with Gasteiger partial charge in [-0.1, -0.05) is 60.7 Å². The zero-order valence-corrected chi connectivity index (χ0v) is 13.8. The highest BCUT2D eigenvalue weighted by Crippen LogP contribution is 2.25. The molecule has 0 aliphatic heterocycles. The second-order valence-electron chi connectivity index (χ2n) is 5.97. The van der Waals surface area contributed by atoms with Gasteiger partial charge in [-0.05, 0) is 31.3 Å². The van der Waals surface area contributed by atoms with Crippen LogP contribution in [0.25, 0.3) is 5.76 Å². The zero-order valence-electron chi connectivity index (χ0n) is 12.8. The monoisotopic (exact) mass is 298 g/mol. The Morgan fingerprint density at radius 1 is 0.952 bits per heavy atom. The van der Waals surface area contributed by atoms with E-state index in [1.807, 2.05) is 60.7 Å². The number of hydrogen-bond acceptors (Lipinski definition) is 2. The van der Waals surface area contributed by atoms with Gasteiger partial charge >= 0.3 is 0 Å². The molecule has 0 heterocycles. The largest absolute Gasteiger partial charge is 0.544 e. The molecule has 0 bridgehead atoms. The second-order valence-corrected chi connectivity index (χ2v) is 10.4. The van der Waals surface area contributed by atoms with Gasteiger partial charge in [0.15, 0.2) is 0 Å². The van der Waals surface area contributed by atoms with Crippen LogP contribution in [0.4, 0.5) is 0 Å². The third-order valence-corrected chi connectivity index (χ3v) is 3.76. The quantitative estimate of drug-likeness (QED) is 0.645. The summed E-state index contributed by atoms with van der Waals surface area (Å²) in [5.74, 6) is 0.756. The molecule has 0 aliphatic carbocycles. The average Bonchev–Trinajstić information content (AvgIpc) is 2.47. The molecule has 0 saturated heterocycles. The van der Waals surface area contributed by atoms with E-state index < -0.39 is 14.4 Å². The van der Waals surface area contributed by atoms with E-state index in [2.05, 4.69) is 19.6 Å². The third-order valence-electron chi connectivity index (χ3n) is 2.92. The van der Waals surface area contributed by atoms with Gasteiger partial charge in [-0.25, -0.2) is 0 Å². The summed E-state index contributed by atoms with van der Waals surface area (Å²) in [6, 6.07) is 19.6. The lowest BCUT2D eigenvalue weighted by Gasteiger charge is -2.23. The molecule has 1 N–H and O–H groups in total. The summed E-state index contributed by atoms with van der Waals surface area (Å²) in [6.07, 6.45) is 1.13. The molecular weight excluding hydrogens is 276 g/mol. The molecule has 0 radical (unpaired) electrons. The molecule has 2 aromatic carbocycles. The van der Waals surface area contributed by atoms with Crippen molar-refractivity contribution in [2.24, 2.45) is 0 Å². The number of rotatable bonds is 5. The Balaban J connectivity index is 2.33. The Morgan fingerprint density at radius 2 is 1.48 bits per heavy atom. The van der Waals surface area contributed by atoms with Gasteiger partial charge in [0.05, 0.1) is 0 Å². The van der Waals surface area contributed by atoms with E-state index in [0.717, 1.165) is 16.9 Å². The van der Waals surface area contributed by atoms with Crippen molar-refractivity contribution in [2.45, 2.75) is 25.7 Å². The van der Waals surface area contributed by atoms with E-state index in [-0.39, 0.29) is 0 Å². The number of hydrogen-bond donors (Lipinski definition) is 1. The zero-order chi connectivity index (χ0) is 15.3. The maximum absolute atomic E-state index is 10.4. The first-order valence-corrected chi connectivity index (χ1v) is 10.6. The summed E-state index contributed by atoms with van der Waals surface area (Å²) in [6.45, 7) is 6.41. The van der Waals surface area contributed by atoms with Gasteiger partial charge in [-0.3, -0.25) is 0 Å². The van der Waals surface area contributed by atoms with Crippen molar-refractivity contribution < 1.29 is 9.53 Å². The van der Waals surface area contributed by atoms with Gasteiger partial charge in [0.2, 0.25) is 8.32 Å². The molecule has 0 spiro atoms. The Morgan fingerprint density at radius 3 is 2.00 bits per heavy atom. The van der Waals surface area contributed by atoms with E-state index >= 15 is 0 Å². The van der Waals surface area contributed by atoms with Crippen molar-refractivity contribution in [1.29, 1.82) is 0 Å². The topological polar surface area (TPSA) is 29.5 Å². The molecule has 0 unspecified atom stereocenters. The fraction of sp³-hybridized carbons (Fsp3) is 0.222.